The maximum Gasteiger partial charge on any atom is 0.409 e. The zero-order valence-corrected chi connectivity index (χ0v) is 18.0. The van der Waals surface area contributed by atoms with Crippen LogP contribution >= 0.6 is 24.0 Å². The van der Waals surface area contributed by atoms with Crippen LogP contribution in [0.15, 0.2) is 4.99 Å². The van der Waals surface area contributed by atoms with Crippen molar-refractivity contribution in [3.63, 3.8) is 0 Å². The van der Waals surface area contributed by atoms with E-state index in [2.05, 4.69) is 36.4 Å². The van der Waals surface area contributed by atoms with Crippen molar-refractivity contribution < 1.29 is 14.3 Å². The first-order valence-electron chi connectivity index (χ1n) is 8.14. The van der Waals surface area contributed by atoms with Gasteiger partial charge in [0.25, 0.3) is 0 Å². The molecule has 1 fully saturated rings. The van der Waals surface area contributed by atoms with Gasteiger partial charge in [-0.1, -0.05) is 20.8 Å². The Hall–Kier alpha value is -0.770. The van der Waals surface area contributed by atoms with Crippen molar-refractivity contribution in [1.29, 1.82) is 0 Å². The Morgan fingerprint density at radius 2 is 1.88 bits per heavy atom. The molecule has 1 saturated heterocycles. The van der Waals surface area contributed by atoms with Crippen LogP contribution < -0.4 is 10.6 Å². The minimum absolute atomic E-state index is 0. The molecule has 0 aromatic heterocycles. The first-order valence-corrected chi connectivity index (χ1v) is 8.14. The second-order valence-electron chi connectivity index (χ2n) is 6.92. The number of ether oxygens (including phenoxy) is 2. The van der Waals surface area contributed by atoms with E-state index in [9.17, 15) is 4.79 Å². The van der Waals surface area contributed by atoms with Gasteiger partial charge in [-0.15, -0.1) is 24.0 Å². The smallest absolute Gasteiger partial charge is 0.409 e. The van der Waals surface area contributed by atoms with Gasteiger partial charge in [0.05, 0.1) is 13.2 Å². The lowest BCUT2D eigenvalue weighted by Crippen LogP contribution is -2.51. The standard InChI is InChI=1S/C16H32N4O3.HI/c1-16(2,3)13(22-5)11-18-14(17-4)19-12-7-9-20(10-8-12)15(21)23-6;/h12-13H,7-11H2,1-6H3,(H2,17,18,19);1H. The quantitative estimate of drug-likeness (QED) is 0.385. The molecule has 0 spiro atoms. The summed E-state index contributed by atoms with van der Waals surface area (Å²) in [5.41, 5.74) is 0.0620. The molecule has 1 rings (SSSR count). The van der Waals surface area contributed by atoms with Gasteiger partial charge in [-0.25, -0.2) is 4.79 Å². The maximum absolute atomic E-state index is 11.5. The number of nitrogens with zero attached hydrogens (tertiary/aromatic N) is 2. The Morgan fingerprint density at radius 1 is 1.29 bits per heavy atom. The van der Waals surface area contributed by atoms with Crippen LogP contribution in [0.1, 0.15) is 33.6 Å². The van der Waals surface area contributed by atoms with Crippen molar-refractivity contribution in [3.05, 3.63) is 0 Å². The van der Waals surface area contributed by atoms with Gasteiger partial charge in [-0.05, 0) is 18.3 Å². The van der Waals surface area contributed by atoms with Crippen LogP contribution in [0.3, 0.4) is 0 Å². The predicted molar refractivity (Wildman–Crippen MR) is 107 cm³/mol. The molecule has 24 heavy (non-hydrogen) atoms. The number of methoxy groups -OCH3 is 2. The molecule has 2 N–H and O–H groups in total. The Kier molecular flexibility index (Phi) is 10.6. The summed E-state index contributed by atoms with van der Waals surface area (Å²) in [5.74, 6) is 0.771. The van der Waals surface area contributed by atoms with E-state index in [1.165, 1.54) is 7.11 Å². The fourth-order valence-corrected chi connectivity index (χ4v) is 2.66. The van der Waals surface area contributed by atoms with Gasteiger partial charge in [0.15, 0.2) is 5.96 Å². The van der Waals surface area contributed by atoms with Crippen LogP contribution in [-0.4, -0.2) is 70.0 Å². The number of halogens is 1. The second kappa shape index (κ2) is 11.0. The minimum atomic E-state index is -0.251. The molecule has 1 heterocycles. The molecule has 7 nitrogen and oxygen atoms in total. The topological polar surface area (TPSA) is 75.2 Å². The first kappa shape index (κ1) is 23.2. The molecule has 0 saturated carbocycles. The summed E-state index contributed by atoms with van der Waals surface area (Å²) in [6.07, 6.45) is 1.60. The highest BCUT2D eigenvalue weighted by Crippen LogP contribution is 2.21. The second-order valence-corrected chi connectivity index (χ2v) is 6.92. The summed E-state index contributed by atoms with van der Waals surface area (Å²) < 4.78 is 10.3. The summed E-state index contributed by atoms with van der Waals surface area (Å²) in [7, 11) is 4.91. The van der Waals surface area contributed by atoms with Crippen LogP contribution in [0.25, 0.3) is 0 Å². The molecule has 1 aliphatic heterocycles. The number of rotatable bonds is 4. The van der Waals surface area contributed by atoms with E-state index < -0.39 is 0 Å². The lowest BCUT2D eigenvalue weighted by atomic mass is 9.89. The minimum Gasteiger partial charge on any atom is -0.453 e. The van der Waals surface area contributed by atoms with Gasteiger partial charge >= 0.3 is 6.09 Å². The monoisotopic (exact) mass is 456 g/mol. The van der Waals surface area contributed by atoms with Crippen molar-refractivity contribution in [1.82, 2.24) is 15.5 Å². The first-order chi connectivity index (χ1) is 10.8. The van der Waals surface area contributed by atoms with E-state index in [0.717, 1.165) is 18.8 Å². The lowest BCUT2D eigenvalue weighted by Gasteiger charge is -2.33. The number of hydrogen-bond donors (Lipinski definition) is 2. The third kappa shape index (κ3) is 7.42. The fourth-order valence-electron chi connectivity index (χ4n) is 2.66. The zero-order chi connectivity index (χ0) is 17.5. The number of nitrogens with one attached hydrogen (secondary N) is 2. The summed E-state index contributed by atoms with van der Waals surface area (Å²) in [6, 6.07) is 0.303. The Balaban J connectivity index is 0.00000529. The van der Waals surface area contributed by atoms with E-state index in [0.29, 0.717) is 25.7 Å². The molecule has 0 radical (unpaired) electrons. The Morgan fingerprint density at radius 3 is 2.29 bits per heavy atom. The molecule has 0 bridgehead atoms. The van der Waals surface area contributed by atoms with Gasteiger partial charge in [0.1, 0.15) is 0 Å². The van der Waals surface area contributed by atoms with Crippen LogP contribution in [0.4, 0.5) is 4.79 Å². The number of carbonyl (C=O) groups is 1. The molecule has 1 atom stereocenters. The van der Waals surface area contributed by atoms with Gasteiger partial charge in [-0.2, -0.15) is 0 Å². The van der Waals surface area contributed by atoms with Crippen molar-refractivity contribution >= 4 is 36.0 Å². The molecule has 1 amide bonds. The summed E-state index contributed by atoms with van der Waals surface area (Å²) in [4.78, 5) is 17.5. The van der Waals surface area contributed by atoms with Gasteiger partial charge in [0, 0.05) is 39.8 Å². The highest BCUT2D eigenvalue weighted by Gasteiger charge is 2.26. The Bertz CT molecular complexity index is 405. The maximum atomic E-state index is 11.5. The zero-order valence-electron chi connectivity index (χ0n) is 15.7. The van der Waals surface area contributed by atoms with E-state index in [1.807, 2.05) is 0 Å². The molecule has 8 heteroatoms. The predicted octanol–water partition coefficient (Wildman–Crippen LogP) is 2.06. The highest BCUT2D eigenvalue weighted by atomic mass is 127. The van der Waals surface area contributed by atoms with Gasteiger partial charge < -0.3 is 25.0 Å². The Labute approximate surface area is 162 Å². The van der Waals surface area contributed by atoms with Crippen LogP contribution in [0.2, 0.25) is 0 Å². The third-order valence-corrected chi connectivity index (χ3v) is 4.20. The van der Waals surface area contributed by atoms with E-state index in [4.69, 9.17) is 9.47 Å². The molecule has 0 aromatic rings. The molecule has 1 unspecified atom stereocenters. The number of carbonyl (C=O) groups excluding carboxylic acids is 1. The number of likely N-dealkylation sites (tertiary alicyclic amines) is 1. The van der Waals surface area contributed by atoms with Crippen molar-refractivity contribution in [2.75, 3.05) is 40.9 Å². The summed E-state index contributed by atoms with van der Waals surface area (Å²) in [5, 5.41) is 6.75. The number of piperidine rings is 1. The SMILES string of the molecule is CN=C(NCC(OC)C(C)(C)C)NC1CCN(C(=O)OC)CC1.I. The molecular weight excluding hydrogens is 423 g/mol. The summed E-state index contributed by atoms with van der Waals surface area (Å²) >= 11 is 0. The number of aliphatic imine (C=N–C) groups is 1. The number of guanidine groups is 1. The van der Waals surface area contributed by atoms with Crippen LogP contribution in [-0.2, 0) is 9.47 Å². The average Bonchev–Trinajstić information content (AvgIpc) is 2.52. The van der Waals surface area contributed by atoms with Gasteiger partial charge in [0.2, 0.25) is 0 Å². The van der Waals surface area contributed by atoms with E-state index >= 15 is 0 Å². The lowest BCUT2D eigenvalue weighted by molar-refractivity contribution is 0.0204. The third-order valence-electron chi connectivity index (χ3n) is 4.20. The molecule has 0 aliphatic carbocycles. The fraction of sp³-hybridized carbons (Fsp3) is 0.875. The molecular formula is C16H33IN4O3. The largest absolute Gasteiger partial charge is 0.453 e. The highest BCUT2D eigenvalue weighted by molar-refractivity contribution is 14.0. The summed E-state index contributed by atoms with van der Waals surface area (Å²) in [6.45, 7) is 8.55. The van der Waals surface area contributed by atoms with Crippen LogP contribution in [0.5, 0.6) is 0 Å². The van der Waals surface area contributed by atoms with Crippen molar-refractivity contribution in [3.8, 4) is 0 Å². The van der Waals surface area contributed by atoms with E-state index in [1.54, 1.807) is 19.1 Å². The number of amides is 1. The normalized spacial score (nSPS) is 17.8. The van der Waals surface area contributed by atoms with Crippen LogP contribution in [0, 0.1) is 5.41 Å². The molecule has 0 aromatic carbocycles. The molecule has 1 aliphatic rings. The number of hydrogen-bond acceptors (Lipinski definition) is 4. The van der Waals surface area contributed by atoms with E-state index in [-0.39, 0.29) is 41.6 Å². The average molecular weight is 456 g/mol. The van der Waals surface area contributed by atoms with Crippen molar-refractivity contribution in [2.24, 2.45) is 10.4 Å². The molecule has 142 valence electrons. The van der Waals surface area contributed by atoms with Crippen molar-refractivity contribution in [2.45, 2.75) is 45.8 Å². The van der Waals surface area contributed by atoms with Gasteiger partial charge in [-0.3, -0.25) is 4.99 Å².